The molecular weight excluding hydrogens is 290 g/mol. The second kappa shape index (κ2) is 9.32. The lowest BCUT2D eigenvalue weighted by molar-refractivity contribution is 0.152. The molecule has 1 rings (SSSR count). The van der Waals surface area contributed by atoms with Crippen LogP contribution in [0.5, 0.6) is 11.5 Å². The molecule has 0 atom stereocenters. The minimum atomic E-state index is -0.512. The van der Waals surface area contributed by atoms with Crippen LogP contribution in [-0.4, -0.2) is 46.0 Å². The number of urea groups is 1. The molecule has 0 fully saturated rings. The van der Waals surface area contributed by atoms with Gasteiger partial charge in [-0.2, -0.15) is 0 Å². The van der Waals surface area contributed by atoms with Gasteiger partial charge in [-0.15, -0.1) is 0 Å². The summed E-state index contributed by atoms with van der Waals surface area (Å²) in [6.07, 6.45) is -0.512. The van der Waals surface area contributed by atoms with Crippen molar-refractivity contribution in [3.05, 3.63) is 18.2 Å². The van der Waals surface area contributed by atoms with E-state index in [0.29, 0.717) is 23.8 Å². The van der Waals surface area contributed by atoms with Crippen LogP contribution in [0.4, 0.5) is 15.3 Å². The number of ether oxygens (including phenoxy) is 3. The maximum Gasteiger partial charge on any atom is 0.407 e. The molecule has 0 aromatic heterocycles. The number of hydrogen-bond donors (Lipinski definition) is 3. The van der Waals surface area contributed by atoms with Gasteiger partial charge >= 0.3 is 12.1 Å². The van der Waals surface area contributed by atoms with Crippen molar-refractivity contribution in [1.82, 2.24) is 10.6 Å². The third-order valence-electron chi connectivity index (χ3n) is 2.56. The lowest BCUT2D eigenvalue weighted by atomic mass is 10.3. The summed E-state index contributed by atoms with van der Waals surface area (Å²) in [7, 11) is 3.05. The maximum absolute atomic E-state index is 11.7. The van der Waals surface area contributed by atoms with Crippen LogP contribution in [0.2, 0.25) is 0 Å². The fraction of sp³-hybridized carbons (Fsp3) is 0.429. The molecule has 8 heteroatoms. The molecule has 8 nitrogen and oxygen atoms in total. The summed E-state index contributed by atoms with van der Waals surface area (Å²) in [5.41, 5.74) is 0.534. The first-order chi connectivity index (χ1) is 10.6. The van der Waals surface area contributed by atoms with E-state index in [9.17, 15) is 9.59 Å². The van der Waals surface area contributed by atoms with Gasteiger partial charge in [0.15, 0.2) is 0 Å². The van der Waals surface area contributed by atoms with Crippen molar-refractivity contribution >= 4 is 17.8 Å². The van der Waals surface area contributed by atoms with Crippen molar-refractivity contribution in [2.75, 3.05) is 39.2 Å². The number of rotatable bonds is 7. The zero-order chi connectivity index (χ0) is 16.4. The third-order valence-corrected chi connectivity index (χ3v) is 2.56. The Balaban J connectivity index is 2.40. The lowest BCUT2D eigenvalue weighted by Gasteiger charge is -2.11. The van der Waals surface area contributed by atoms with Crippen molar-refractivity contribution in [1.29, 1.82) is 0 Å². The van der Waals surface area contributed by atoms with Gasteiger partial charge in [0, 0.05) is 37.0 Å². The zero-order valence-electron chi connectivity index (χ0n) is 12.9. The van der Waals surface area contributed by atoms with E-state index in [2.05, 4.69) is 20.7 Å². The minimum absolute atomic E-state index is 0.270. The third kappa shape index (κ3) is 6.21. The van der Waals surface area contributed by atoms with Crippen LogP contribution >= 0.6 is 0 Å². The number of hydrogen-bond acceptors (Lipinski definition) is 5. The number of anilines is 1. The van der Waals surface area contributed by atoms with Gasteiger partial charge in [-0.1, -0.05) is 0 Å². The first kappa shape index (κ1) is 17.4. The molecule has 22 heavy (non-hydrogen) atoms. The van der Waals surface area contributed by atoms with Crippen LogP contribution in [-0.2, 0) is 4.74 Å². The summed E-state index contributed by atoms with van der Waals surface area (Å²) in [6.45, 7) is 2.56. The fourth-order valence-corrected chi connectivity index (χ4v) is 1.58. The maximum atomic E-state index is 11.7. The smallest absolute Gasteiger partial charge is 0.407 e. The minimum Gasteiger partial charge on any atom is -0.497 e. The Morgan fingerprint density at radius 2 is 1.59 bits per heavy atom. The number of methoxy groups -OCH3 is 2. The largest absolute Gasteiger partial charge is 0.497 e. The average molecular weight is 311 g/mol. The highest BCUT2D eigenvalue weighted by Gasteiger charge is 2.06. The van der Waals surface area contributed by atoms with Crippen LogP contribution < -0.4 is 25.4 Å². The quantitative estimate of drug-likeness (QED) is 0.664. The van der Waals surface area contributed by atoms with Crippen molar-refractivity contribution in [2.24, 2.45) is 0 Å². The van der Waals surface area contributed by atoms with Gasteiger partial charge in [0.25, 0.3) is 0 Å². The van der Waals surface area contributed by atoms with E-state index in [1.54, 1.807) is 25.1 Å². The molecule has 122 valence electrons. The predicted molar refractivity (Wildman–Crippen MR) is 81.6 cm³/mol. The monoisotopic (exact) mass is 311 g/mol. The molecule has 1 aromatic carbocycles. The number of alkyl carbamates (subject to hydrolysis) is 1. The molecule has 3 amide bonds. The first-order valence-corrected chi connectivity index (χ1v) is 6.77. The molecule has 0 radical (unpaired) electrons. The normalized spacial score (nSPS) is 9.59. The molecule has 3 N–H and O–H groups in total. The summed E-state index contributed by atoms with van der Waals surface area (Å²) in [5.74, 6) is 1.14. The van der Waals surface area contributed by atoms with Gasteiger partial charge in [-0.25, -0.2) is 9.59 Å². The summed E-state index contributed by atoms with van der Waals surface area (Å²) in [5, 5.41) is 7.75. The highest BCUT2D eigenvalue weighted by Crippen LogP contribution is 2.25. The molecule has 0 unspecified atom stereocenters. The summed E-state index contributed by atoms with van der Waals surface area (Å²) < 4.78 is 14.9. The zero-order valence-corrected chi connectivity index (χ0v) is 12.9. The number of amides is 3. The molecule has 0 aliphatic heterocycles. The summed E-state index contributed by atoms with van der Waals surface area (Å²) in [6, 6.07) is 4.63. The summed E-state index contributed by atoms with van der Waals surface area (Å²) >= 11 is 0. The Bertz CT molecular complexity index is 485. The van der Waals surface area contributed by atoms with E-state index in [0.717, 1.165) is 0 Å². The Hall–Kier alpha value is -2.64. The standard InChI is InChI=1S/C14H21N3O5/c1-4-22-14(19)16-6-5-15-13(18)17-10-7-11(20-2)9-12(8-10)21-3/h7-9H,4-6H2,1-3H3,(H,16,19)(H2,15,17,18). The van der Waals surface area contributed by atoms with Gasteiger partial charge in [0.05, 0.1) is 20.8 Å². The number of carbonyl (C=O) groups is 2. The Labute approximate surface area is 129 Å². The predicted octanol–water partition coefficient (Wildman–Crippen LogP) is 1.57. The molecule has 0 saturated heterocycles. The van der Waals surface area contributed by atoms with E-state index in [1.807, 2.05) is 0 Å². The second-order valence-electron chi connectivity index (χ2n) is 4.13. The molecular formula is C14H21N3O5. The summed E-state index contributed by atoms with van der Waals surface area (Å²) in [4.78, 5) is 22.8. The van der Waals surface area contributed by atoms with Crippen molar-refractivity contribution in [2.45, 2.75) is 6.92 Å². The van der Waals surface area contributed by atoms with Gasteiger partial charge in [0.1, 0.15) is 11.5 Å². The van der Waals surface area contributed by atoms with E-state index >= 15 is 0 Å². The van der Waals surface area contributed by atoms with Crippen LogP contribution in [0.3, 0.4) is 0 Å². The van der Waals surface area contributed by atoms with Crippen molar-refractivity contribution < 1.29 is 23.8 Å². The second-order valence-corrected chi connectivity index (χ2v) is 4.13. The lowest BCUT2D eigenvalue weighted by Crippen LogP contribution is -2.37. The molecule has 1 aromatic rings. The molecule has 0 saturated carbocycles. The molecule has 0 bridgehead atoms. The molecule has 0 aliphatic rings. The highest BCUT2D eigenvalue weighted by atomic mass is 16.5. The first-order valence-electron chi connectivity index (χ1n) is 6.77. The fourth-order valence-electron chi connectivity index (χ4n) is 1.58. The van der Waals surface area contributed by atoms with Crippen LogP contribution in [0, 0.1) is 0 Å². The molecule has 0 aliphatic carbocycles. The van der Waals surface area contributed by atoms with Gasteiger partial charge < -0.3 is 30.2 Å². The van der Waals surface area contributed by atoms with Crippen LogP contribution in [0.1, 0.15) is 6.92 Å². The Morgan fingerprint density at radius 1 is 1.00 bits per heavy atom. The van der Waals surface area contributed by atoms with E-state index in [4.69, 9.17) is 9.47 Å². The van der Waals surface area contributed by atoms with Crippen molar-refractivity contribution in [3.63, 3.8) is 0 Å². The topological polar surface area (TPSA) is 97.9 Å². The number of benzene rings is 1. The van der Waals surface area contributed by atoms with Gasteiger partial charge in [-0.05, 0) is 6.92 Å². The number of carbonyl (C=O) groups excluding carboxylic acids is 2. The Kier molecular flexibility index (Phi) is 7.38. The van der Waals surface area contributed by atoms with Crippen molar-refractivity contribution in [3.8, 4) is 11.5 Å². The van der Waals surface area contributed by atoms with Gasteiger partial charge in [0.2, 0.25) is 0 Å². The van der Waals surface area contributed by atoms with Gasteiger partial charge in [-0.3, -0.25) is 0 Å². The van der Waals surface area contributed by atoms with Crippen LogP contribution in [0.15, 0.2) is 18.2 Å². The highest BCUT2D eigenvalue weighted by molar-refractivity contribution is 5.89. The number of nitrogens with one attached hydrogen (secondary N) is 3. The van der Waals surface area contributed by atoms with E-state index < -0.39 is 12.1 Å². The SMILES string of the molecule is CCOC(=O)NCCNC(=O)Nc1cc(OC)cc(OC)c1. The van der Waals surface area contributed by atoms with Crippen LogP contribution in [0.25, 0.3) is 0 Å². The van der Waals surface area contributed by atoms with E-state index in [1.165, 1.54) is 14.2 Å². The molecule has 0 spiro atoms. The molecule has 0 heterocycles. The average Bonchev–Trinajstić information content (AvgIpc) is 2.51. The van der Waals surface area contributed by atoms with E-state index in [-0.39, 0.29) is 13.1 Å². The Morgan fingerprint density at radius 3 is 2.14 bits per heavy atom.